The number of nitrogens with zero attached hydrogens (tertiary/aromatic N) is 1. The summed E-state index contributed by atoms with van der Waals surface area (Å²) in [5, 5.41) is 10.1. The van der Waals surface area contributed by atoms with E-state index < -0.39 is 5.97 Å². The summed E-state index contributed by atoms with van der Waals surface area (Å²) in [5.41, 5.74) is 11.9. The Morgan fingerprint density at radius 3 is 2.58 bits per heavy atom. The Labute approximate surface area is 197 Å². The monoisotopic (exact) mass is 452 g/mol. The van der Waals surface area contributed by atoms with E-state index in [9.17, 15) is 4.79 Å². The van der Waals surface area contributed by atoms with Crippen molar-refractivity contribution < 1.29 is 9.90 Å². The SMILES string of the molecule is C1=C(c2cccnc2)CCc2c1ccc1c2CCc2ccccc2-1.O=C(O)C1=CNSC=C1. The summed E-state index contributed by atoms with van der Waals surface area (Å²) >= 11 is 1.35. The predicted octanol–water partition coefficient (Wildman–Crippen LogP) is 6.05. The molecule has 0 saturated carbocycles. The molecule has 0 fully saturated rings. The van der Waals surface area contributed by atoms with Crippen molar-refractivity contribution in [2.45, 2.75) is 25.7 Å². The van der Waals surface area contributed by atoms with Gasteiger partial charge in [0.05, 0.1) is 5.57 Å². The molecule has 2 aromatic carbocycles. The molecule has 0 saturated heterocycles. The van der Waals surface area contributed by atoms with Gasteiger partial charge in [0.25, 0.3) is 0 Å². The van der Waals surface area contributed by atoms with E-state index in [0.29, 0.717) is 0 Å². The van der Waals surface area contributed by atoms with E-state index in [1.165, 1.54) is 64.4 Å². The van der Waals surface area contributed by atoms with Crippen molar-refractivity contribution in [1.29, 1.82) is 0 Å². The van der Waals surface area contributed by atoms with Crippen LogP contribution in [0.2, 0.25) is 0 Å². The molecule has 1 aliphatic heterocycles. The van der Waals surface area contributed by atoms with Crippen LogP contribution in [-0.2, 0) is 24.1 Å². The van der Waals surface area contributed by atoms with Gasteiger partial charge in [-0.15, -0.1) is 0 Å². The van der Waals surface area contributed by atoms with Crippen molar-refractivity contribution in [1.82, 2.24) is 9.71 Å². The second kappa shape index (κ2) is 9.51. The van der Waals surface area contributed by atoms with Gasteiger partial charge in [0.1, 0.15) is 0 Å². The fourth-order valence-electron chi connectivity index (χ4n) is 4.67. The first-order valence-corrected chi connectivity index (χ1v) is 11.9. The molecule has 3 aliphatic rings. The van der Waals surface area contributed by atoms with E-state index in [1.54, 1.807) is 22.6 Å². The van der Waals surface area contributed by atoms with Crippen LogP contribution in [-0.4, -0.2) is 16.1 Å². The summed E-state index contributed by atoms with van der Waals surface area (Å²) in [6.07, 6.45) is 13.8. The second-order valence-corrected chi connectivity index (χ2v) is 8.91. The van der Waals surface area contributed by atoms with Crippen LogP contribution in [0.4, 0.5) is 0 Å². The number of aromatic nitrogens is 1. The van der Waals surface area contributed by atoms with Crippen LogP contribution in [0.15, 0.2) is 84.2 Å². The number of nitrogens with one attached hydrogen (secondary N) is 1. The number of allylic oxidation sites excluding steroid dienone is 1. The first-order chi connectivity index (χ1) is 16.2. The quantitative estimate of drug-likeness (QED) is 0.463. The molecule has 2 N–H and O–H groups in total. The number of aliphatic carboxylic acids is 1. The molecule has 0 bridgehead atoms. The molecule has 3 aromatic rings. The first-order valence-electron chi connectivity index (χ1n) is 11.1. The Bertz CT molecular complexity index is 1290. The summed E-state index contributed by atoms with van der Waals surface area (Å²) in [4.78, 5) is 14.5. The molecule has 4 nitrogen and oxygen atoms in total. The fourth-order valence-corrected chi connectivity index (χ4v) is 5.15. The molecule has 0 radical (unpaired) electrons. The maximum atomic E-state index is 10.2. The molecular weight excluding hydrogens is 428 g/mol. The zero-order valence-electron chi connectivity index (χ0n) is 18.1. The lowest BCUT2D eigenvalue weighted by molar-refractivity contribution is -0.132. The highest BCUT2D eigenvalue weighted by molar-refractivity contribution is 8.00. The van der Waals surface area contributed by atoms with Gasteiger partial charge < -0.3 is 9.83 Å². The summed E-state index contributed by atoms with van der Waals surface area (Å²) in [6, 6.07) is 17.7. The van der Waals surface area contributed by atoms with Gasteiger partial charge in [-0.25, -0.2) is 4.79 Å². The molecule has 2 aliphatic carbocycles. The third-order valence-electron chi connectivity index (χ3n) is 6.27. The normalized spacial score (nSPS) is 15.4. The molecule has 164 valence electrons. The Morgan fingerprint density at radius 1 is 0.939 bits per heavy atom. The number of carboxylic acids is 1. The molecule has 5 heteroatoms. The average Bonchev–Trinajstić information content (AvgIpc) is 2.89. The van der Waals surface area contributed by atoms with E-state index in [-0.39, 0.29) is 5.57 Å². The van der Waals surface area contributed by atoms with E-state index in [2.05, 4.69) is 58.2 Å². The van der Waals surface area contributed by atoms with Gasteiger partial charge in [0.15, 0.2) is 0 Å². The Hall–Kier alpha value is -3.57. The van der Waals surface area contributed by atoms with Crippen LogP contribution < -0.4 is 4.72 Å². The number of hydrogen-bond acceptors (Lipinski definition) is 4. The Kier molecular flexibility index (Phi) is 6.13. The van der Waals surface area contributed by atoms with Crippen LogP contribution in [0.3, 0.4) is 0 Å². The van der Waals surface area contributed by atoms with Crippen molar-refractivity contribution in [2.24, 2.45) is 0 Å². The second-order valence-electron chi connectivity index (χ2n) is 8.17. The van der Waals surface area contributed by atoms with Crippen LogP contribution in [0.5, 0.6) is 0 Å². The smallest absolute Gasteiger partial charge is 0.337 e. The van der Waals surface area contributed by atoms with Gasteiger partial charge >= 0.3 is 5.97 Å². The van der Waals surface area contributed by atoms with E-state index in [0.717, 1.165) is 12.8 Å². The lowest BCUT2D eigenvalue weighted by atomic mass is 9.78. The lowest BCUT2D eigenvalue weighted by Crippen LogP contribution is -2.10. The van der Waals surface area contributed by atoms with Crippen LogP contribution in [0.25, 0.3) is 22.8 Å². The van der Waals surface area contributed by atoms with Gasteiger partial charge in [-0.3, -0.25) is 4.98 Å². The largest absolute Gasteiger partial charge is 0.478 e. The minimum absolute atomic E-state index is 0.286. The maximum Gasteiger partial charge on any atom is 0.337 e. The highest BCUT2D eigenvalue weighted by atomic mass is 32.2. The van der Waals surface area contributed by atoms with Crippen LogP contribution in [0.1, 0.15) is 34.2 Å². The van der Waals surface area contributed by atoms with Gasteiger partial charge in [-0.05, 0) is 99.7 Å². The summed E-state index contributed by atoms with van der Waals surface area (Å²) in [5.74, 6) is -0.904. The van der Waals surface area contributed by atoms with Crippen molar-refractivity contribution in [3.05, 3.63) is 112 Å². The molecule has 0 unspecified atom stereocenters. The summed E-state index contributed by atoms with van der Waals surface area (Å²) in [7, 11) is 0. The molecular formula is C28H24N2O2S. The van der Waals surface area contributed by atoms with Gasteiger partial charge in [-0.2, -0.15) is 0 Å². The molecule has 2 heterocycles. The number of pyridine rings is 1. The topological polar surface area (TPSA) is 62.2 Å². The Morgan fingerprint density at radius 2 is 1.82 bits per heavy atom. The van der Waals surface area contributed by atoms with E-state index in [1.807, 2.05) is 18.5 Å². The molecule has 1 aromatic heterocycles. The number of carbonyl (C=O) groups is 1. The molecule has 0 atom stereocenters. The molecule has 0 amide bonds. The molecule has 6 rings (SSSR count). The summed E-state index contributed by atoms with van der Waals surface area (Å²) in [6.45, 7) is 0. The van der Waals surface area contributed by atoms with E-state index >= 15 is 0 Å². The number of aryl methyl sites for hydroxylation is 1. The van der Waals surface area contributed by atoms with E-state index in [4.69, 9.17) is 5.11 Å². The minimum atomic E-state index is -0.904. The van der Waals surface area contributed by atoms with Crippen molar-refractivity contribution in [2.75, 3.05) is 0 Å². The zero-order chi connectivity index (χ0) is 22.6. The van der Waals surface area contributed by atoms with Gasteiger partial charge in [-0.1, -0.05) is 48.5 Å². The highest BCUT2D eigenvalue weighted by Crippen LogP contribution is 2.40. The first kappa shape index (κ1) is 21.3. The number of fused-ring (bicyclic) bond motifs is 5. The fraction of sp³-hybridized carbons (Fsp3) is 0.143. The number of rotatable bonds is 2. The molecule has 0 spiro atoms. The Balaban J connectivity index is 0.000000215. The van der Waals surface area contributed by atoms with Crippen molar-refractivity contribution in [3.8, 4) is 11.1 Å². The third-order valence-corrected chi connectivity index (χ3v) is 6.80. The number of hydrogen-bond donors (Lipinski definition) is 2. The highest BCUT2D eigenvalue weighted by Gasteiger charge is 2.22. The molecule has 33 heavy (non-hydrogen) atoms. The average molecular weight is 453 g/mol. The maximum absolute atomic E-state index is 10.2. The van der Waals surface area contributed by atoms with Crippen LogP contribution in [0, 0.1) is 0 Å². The van der Waals surface area contributed by atoms with Crippen molar-refractivity contribution >= 4 is 29.6 Å². The van der Waals surface area contributed by atoms with Gasteiger partial charge in [0, 0.05) is 18.6 Å². The lowest BCUT2D eigenvalue weighted by Gasteiger charge is -2.26. The van der Waals surface area contributed by atoms with Crippen molar-refractivity contribution in [3.63, 3.8) is 0 Å². The zero-order valence-corrected chi connectivity index (χ0v) is 18.9. The standard InChI is InChI=1S/C23H19N.C5H5NO2S/c1-2-6-20-16(4-1)7-11-23-21-10-8-17(19-5-3-13-24-15-19)14-18(21)9-12-22(20)23;7-5(8)4-1-2-9-6-3-4/h1-6,9,12-15H,7-8,10-11H2;1-3,6H,(H,7,8). The minimum Gasteiger partial charge on any atom is -0.478 e. The number of benzene rings is 2. The number of carboxylic acid groups (broad SMARTS) is 1. The van der Waals surface area contributed by atoms with Crippen LogP contribution >= 0.6 is 11.9 Å². The predicted molar refractivity (Wildman–Crippen MR) is 135 cm³/mol. The summed E-state index contributed by atoms with van der Waals surface area (Å²) < 4.78 is 2.70. The third kappa shape index (κ3) is 4.50. The van der Waals surface area contributed by atoms with Gasteiger partial charge in [0.2, 0.25) is 0 Å².